The van der Waals surface area contributed by atoms with Gasteiger partial charge in [-0.15, -0.1) is 24.0 Å². The molecule has 0 saturated heterocycles. The summed E-state index contributed by atoms with van der Waals surface area (Å²) in [5.74, 6) is 1.22. The first-order valence-electron chi connectivity index (χ1n) is 8.52. The molecule has 3 N–H and O–H groups in total. The van der Waals surface area contributed by atoms with Gasteiger partial charge in [0, 0.05) is 5.69 Å². The van der Waals surface area contributed by atoms with Gasteiger partial charge in [0.15, 0.2) is 5.96 Å². The number of nitrogens with one attached hydrogen (secondary N) is 1. The summed E-state index contributed by atoms with van der Waals surface area (Å²) in [5.41, 5.74) is 9.85. The van der Waals surface area contributed by atoms with Crippen LogP contribution in [0.2, 0.25) is 0 Å². The molecule has 0 radical (unpaired) electrons. The maximum atomic E-state index is 6.10. The van der Waals surface area contributed by atoms with Crippen molar-refractivity contribution >= 4 is 35.6 Å². The lowest BCUT2D eigenvalue weighted by molar-refractivity contribution is 0.342. The number of hydrogen-bond acceptors (Lipinski definition) is 3. The molecule has 1 heterocycles. The Kier molecular flexibility index (Phi) is 6.42. The van der Waals surface area contributed by atoms with Crippen molar-refractivity contribution in [3.05, 3.63) is 41.5 Å². The first kappa shape index (κ1) is 19.7. The number of rotatable bonds is 3. The maximum absolute atomic E-state index is 6.10. The average molecular weight is 454 g/mol. The van der Waals surface area contributed by atoms with Crippen LogP contribution in [-0.4, -0.2) is 20.7 Å². The van der Waals surface area contributed by atoms with Crippen LogP contribution in [0.4, 0.5) is 5.69 Å². The molecule has 1 aliphatic rings. The number of hydrogen-bond donors (Lipinski definition) is 2. The average Bonchev–Trinajstić information content (AvgIpc) is 3.02. The quantitative estimate of drug-likeness (QED) is 0.423. The molecule has 0 atom stereocenters. The third-order valence-electron chi connectivity index (χ3n) is 4.30. The number of fused-ring (bicyclic) bond motifs is 1. The van der Waals surface area contributed by atoms with Crippen molar-refractivity contribution in [2.24, 2.45) is 10.7 Å². The number of halogens is 1. The van der Waals surface area contributed by atoms with Gasteiger partial charge in [-0.05, 0) is 63.6 Å². The molecule has 3 rings (SSSR count). The van der Waals surface area contributed by atoms with E-state index in [1.807, 2.05) is 4.68 Å². The van der Waals surface area contributed by atoms with Crippen LogP contribution in [0.5, 0.6) is 0 Å². The highest BCUT2D eigenvalue weighted by molar-refractivity contribution is 14.0. The van der Waals surface area contributed by atoms with Crippen molar-refractivity contribution in [2.45, 2.75) is 58.5 Å². The Morgan fingerprint density at radius 1 is 1.28 bits per heavy atom. The van der Waals surface area contributed by atoms with Crippen LogP contribution in [0.15, 0.2) is 29.5 Å². The lowest BCUT2D eigenvalue weighted by Crippen LogP contribution is -2.27. The van der Waals surface area contributed by atoms with Crippen molar-refractivity contribution in [2.75, 3.05) is 5.32 Å². The highest BCUT2D eigenvalue weighted by Gasteiger charge is 2.18. The molecule has 6 nitrogen and oxygen atoms in total. The van der Waals surface area contributed by atoms with Gasteiger partial charge < -0.3 is 11.1 Å². The maximum Gasteiger partial charge on any atom is 0.193 e. The van der Waals surface area contributed by atoms with Crippen LogP contribution < -0.4 is 11.1 Å². The molecular formula is C18H27IN6. The first-order chi connectivity index (χ1) is 11.4. The van der Waals surface area contributed by atoms with E-state index in [1.165, 1.54) is 24.0 Å². The minimum Gasteiger partial charge on any atom is -0.370 e. The van der Waals surface area contributed by atoms with Gasteiger partial charge in [-0.2, -0.15) is 5.10 Å². The summed E-state index contributed by atoms with van der Waals surface area (Å²) in [4.78, 5) is 8.74. The number of aliphatic imine (C=N–C) groups is 1. The van der Waals surface area contributed by atoms with Gasteiger partial charge in [-0.3, -0.25) is 0 Å². The molecule has 0 saturated carbocycles. The fourth-order valence-corrected chi connectivity index (χ4v) is 3.17. The zero-order valence-corrected chi connectivity index (χ0v) is 17.4. The fourth-order valence-electron chi connectivity index (χ4n) is 3.17. The molecular weight excluding hydrogens is 427 g/mol. The molecule has 1 aromatic carbocycles. The van der Waals surface area contributed by atoms with Gasteiger partial charge in [0.05, 0.1) is 5.54 Å². The number of aryl methyl sites for hydroxylation is 1. The predicted octanol–water partition coefficient (Wildman–Crippen LogP) is 3.46. The van der Waals surface area contributed by atoms with Crippen LogP contribution >= 0.6 is 24.0 Å². The standard InChI is InChI=1S/C18H26N6.HI/c1-18(2,3)24-16(21-12-22-24)11-20-17(19)23-15-10-6-8-13-7-4-5-9-14(13)15;/h6,8,10,12H,4-5,7,9,11H2,1-3H3,(H3,19,20,23);1H. The van der Waals surface area contributed by atoms with Gasteiger partial charge in [0.1, 0.15) is 18.7 Å². The number of anilines is 1. The third-order valence-corrected chi connectivity index (χ3v) is 4.30. The van der Waals surface area contributed by atoms with E-state index in [1.54, 1.807) is 6.33 Å². The fraction of sp³-hybridized carbons (Fsp3) is 0.500. The van der Waals surface area contributed by atoms with Gasteiger partial charge in [0.2, 0.25) is 0 Å². The van der Waals surface area contributed by atoms with E-state index >= 15 is 0 Å². The van der Waals surface area contributed by atoms with Crippen LogP contribution in [0.3, 0.4) is 0 Å². The van der Waals surface area contributed by atoms with Gasteiger partial charge in [-0.1, -0.05) is 12.1 Å². The molecule has 136 valence electrons. The first-order valence-corrected chi connectivity index (χ1v) is 8.52. The van der Waals surface area contributed by atoms with Gasteiger partial charge in [-0.25, -0.2) is 14.7 Å². The van der Waals surface area contributed by atoms with Crippen molar-refractivity contribution in [3.63, 3.8) is 0 Å². The minimum atomic E-state index is -0.123. The second-order valence-corrected chi connectivity index (χ2v) is 7.24. The molecule has 0 bridgehead atoms. The number of benzene rings is 1. The summed E-state index contributed by atoms with van der Waals surface area (Å²) >= 11 is 0. The van der Waals surface area contributed by atoms with Crippen molar-refractivity contribution in [3.8, 4) is 0 Å². The smallest absolute Gasteiger partial charge is 0.193 e. The van der Waals surface area contributed by atoms with E-state index in [4.69, 9.17) is 5.73 Å². The van der Waals surface area contributed by atoms with Crippen molar-refractivity contribution in [1.29, 1.82) is 0 Å². The second-order valence-electron chi connectivity index (χ2n) is 7.24. The second kappa shape index (κ2) is 8.16. The zero-order chi connectivity index (χ0) is 17.2. The molecule has 7 heteroatoms. The van der Waals surface area contributed by atoms with Gasteiger partial charge >= 0.3 is 0 Å². The Hall–Kier alpha value is -1.64. The van der Waals surface area contributed by atoms with Crippen molar-refractivity contribution in [1.82, 2.24) is 14.8 Å². The van der Waals surface area contributed by atoms with Crippen LogP contribution in [0.25, 0.3) is 0 Å². The highest BCUT2D eigenvalue weighted by Crippen LogP contribution is 2.27. The summed E-state index contributed by atoms with van der Waals surface area (Å²) in [5, 5.41) is 7.54. The van der Waals surface area contributed by atoms with E-state index in [9.17, 15) is 0 Å². The largest absolute Gasteiger partial charge is 0.370 e. The van der Waals surface area contributed by atoms with E-state index in [0.717, 1.165) is 24.4 Å². The molecule has 0 spiro atoms. The van der Waals surface area contributed by atoms with E-state index in [0.29, 0.717) is 12.5 Å². The molecule has 0 fully saturated rings. The molecule has 25 heavy (non-hydrogen) atoms. The third kappa shape index (κ3) is 4.71. The van der Waals surface area contributed by atoms with E-state index < -0.39 is 0 Å². The minimum absolute atomic E-state index is 0. The molecule has 0 amide bonds. The lowest BCUT2D eigenvalue weighted by Gasteiger charge is -2.21. The number of nitrogens with two attached hydrogens (primary N) is 1. The molecule has 2 aromatic rings. The summed E-state index contributed by atoms with van der Waals surface area (Å²) in [6.07, 6.45) is 6.31. The van der Waals surface area contributed by atoms with Crippen LogP contribution in [-0.2, 0) is 24.9 Å². The number of guanidine groups is 1. The lowest BCUT2D eigenvalue weighted by atomic mass is 9.90. The zero-order valence-electron chi connectivity index (χ0n) is 15.1. The van der Waals surface area contributed by atoms with Crippen LogP contribution in [0.1, 0.15) is 50.6 Å². The summed E-state index contributed by atoms with van der Waals surface area (Å²) in [7, 11) is 0. The van der Waals surface area contributed by atoms with Crippen LogP contribution in [0, 0.1) is 0 Å². The Labute approximate surface area is 166 Å². The van der Waals surface area contributed by atoms with Crippen molar-refractivity contribution < 1.29 is 0 Å². The number of nitrogens with zero attached hydrogens (tertiary/aromatic N) is 4. The summed E-state index contributed by atoms with van der Waals surface area (Å²) < 4.78 is 1.88. The Balaban J connectivity index is 0.00000225. The SMILES string of the molecule is CC(C)(C)n1ncnc1CN=C(N)Nc1cccc2c1CCCC2.I. The molecule has 0 unspecified atom stereocenters. The topological polar surface area (TPSA) is 81.1 Å². The predicted molar refractivity (Wildman–Crippen MR) is 112 cm³/mol. The van der Waals surface area contributed by atoms with E-state index in [2.05, 4.69) is 59.4 Å². The highest BCUT2D eigenvalue weighted by atomic mass is 127. The normalized spacial score (nSPS) is 14.6. The summed E-state index contributed by atoms with van der Waals surface area (Å²) in [6.45, 7) is 6.68. The monoisotopic (exact) mass is 454 g/mol. The number of aromatic nitrogens is 3. The molecule has 0 aliphatic heterocycles. The Morgan fingerprint density at radius 2 is 2.04 bits per heavy atom. The molecule has 1 aromatic heterocycles. The van der Waals surface area contributed by atoms with E-state index in [-0.39, 0.29) is 29.5 Å². The molecule has 1 aliphatic carbocycles. The summed E-state index contributed by atoms with van der Waals surface area (Å²) in [6, 6.07) is 6.36. The Morgan fingerprint density at radius 3 is 2.80 bits per heavy atom. The Bertz CT molecular complexity index is 744. The van der Waals surface area contributed by atoms with Gasteiger partial charge in [0.25, 0.3) is 0 Å².